The van der Waals surface area contributed by atoms with Crippen molar-refractivity contribution in [1.82, 2.24) is 15.5 Å². The van der Waals surface area contributed by atoms with Gasteiger partial charge in [0, 0.05) is 42.3 Å². The van der Waals surface area contributed by atoms with Crippen LogP contribution in [-0.2, 0) is 11.2 Å². The number of halogens is 1. The highest BCUT2D eigenvalue weighted by molar-refractivity contribution is 7.80. The summed E-state index contributed by atoms with van der Waals surface area (Å²) < 4.78 is 5.85. The molecule has 3 N–H and O–H groups in total. The number of amides is 1. The minimum Gasteiger partial charge on any atom is -0.457 e. The molecule has 3 aromatic rings. The van der Waals surface area contributed by atoms with Gasteiger partial charge in [0.15, 0.2) is 5.11 Å². The molecule has 0 unspecified atom stereocenters. The second-order valence-electron chi connectivity index (χ2n) is 9.64. The Morgan fingerprint density at radius 3 is 2.05 bits per heavy atom. The molecular weight excluding hydrogens is 516 g/mol. The van der Waals surface area contributed by atoms with Crippen LogP contribution in [0.25, 0.3) is 0 Å². The molecule has 8 heteroatoms. The Hall–Kier alpha value is -3.13. The van der Waals surface area contributed by atoms with Gasteiger partial charge in [-0.2, -0.15) is 0 Å². The minimum atomic E-state index is -0.517. The first-order valence-corrected chi connectivity index (χ1v) is 13.7. The van der Waals surface area contributed by atoms with E-state index in [1.807, 2.05) is 66.7 Å². The molecule has 0 spiro atoms. The fourth-order valence-corrected chi connectivity index (χ4v) is 4.56. The normalized spacial score (nSPS) is 11.9. The monoisotopic (exact) mass is 552 g/mol. The SMILES string of the molecule is CC(C)N(CCNC(=O)[C@H](Cc1ccccc1)NC(=S)Nc1ccc(Oc2ccc(Cl)cc2)cc1)C(C)C. The van der Waals surface area contributed by atoms with Crippen LogP contribution in [0.5, 0.6) is 11.5 Å². The van der Waals surface area contributed by atoms with Crippen molar-refractivity contribution in [1.29, 1.82) is 0 Å². The molecule has 0 aromatic heterocycles. The maximum atomic E-state index is 13.2. The molecule has 0 saturated carbocycles. The highest BCUT2D eigenvalue weighted by Gasteiger charge is 2.21. The van der Waals surface area contributed by atoms with Gasteiger partial charge >= 0.3 is 0 Å². The van der Waals surface area contributed by atoms with E-state index in [4.69, 9.17) is 28.6 Å². The van der Waals surface area contributed by atoms with E-state index in [1.54, 1.807) is 12.1 Å². The van der Waals surface area contributed by atoms with Crippen LogP contribution in [0.2, 0.25) is 5.02 Å². The molecule has 0 fully saturated rings. The van der Waals surface area contributed by atoms with Crippen molar-refractivity contribution in [3.8, 4) is 11.5 Å². The van der Waals surface area contributed by atoms with Crippen molar-refractivity contribution < 1.29 is 9.53 Å². The van der Waals surface area contributed by atoms with E-state index < -0.39 is 6.04 Å². The zero-order valence-corrected chi connectivity index (χ0v) is 24.0. The van der Waals surface area contributed by atoms with Gasteiger partial charge in [0.05, 0.1) is 0 Å². The molecule has 1 atom stereocenters. The number of hydrogen-bond donors (Lipinski definition) is 3. The lowest BCUT2D eigenvalue weighted by Gasteiger charge is -2.30. The van der Waals surface area contributed by atoms with Crippen LogP contribution in [0.3, 0.4) is 0 Å². The highest BCUT2D eigenvalue weighted by Crippen LogP contribution is 2.24. The summed E-state index contributed by atoms with van der Waals surface area (Å²) in [6.07, 6.45) is 0.514. The molecule has 0 saturated heterocycles. The van der Waals surface area contributed by atoms with Crippen molar-refractivity contribution in [3.05, 3.63) is 89.4 Å². The summed E-state index contributed by atoms with van der Waals surface area (Å²) in [5, 5.41) is 10.5. The highest BCUT2D eigenvalue weighted by atomic mass is 35.5. The molecule has 202 valence electrons. The van der Waals surface area contributed by atoms with E-state index in [1.165, 1.54) is 0 Å². The first kappa shape index (κ1) is 29.4. The minimum absolute atomic E-state index is 0.0859. The summed E-state index contributed by atoms with van der Waals surface area (Å²) >= 11 is 11.5. The van der Waals surface area contributed by atoms with Crippen molar-refractivity contribution in [2.24, 2.45) is 0 Å². The van der Waals surface area contributed by atoms with Crippen LogP contribution in [-0.4, -0.2) is 47.1 Å². The number of carbonyl (C=O) groups is 1. The number of rotatable bonds is 12. The first-order chi connectivity index (χ1) is 18.2. The summed E-state index contributed by atoms with van der Waals surface area (Å²) in [5.74, 6) is 1.30. The lowest BCUT2D eigenvalue weighted by molar-refractivity contribution is -0.122. The van der Waals surface area contributed by atoms with E-state index in [2.05, 4.69) is 48.5 Å². The molecule has 0 aliphatic heterocycles. The number of hydrogen-bond acceptors (Lipinski definition) is 4. The third kappa shape index (κ3) is 9.63. The van der Waals surface area contributed by atoms with Crippen LogP contribution in [0.4, 0.5) is 5.69 Å². The largest absolute Gasteiger partial charge is 0.457 e. The molecule has 0 aliphatic carbocycles. The van der Waals surface area contributed by atoms with E-state index >= 15 is 0 Å². The smallest absolute Gasteiger partial charge is 0.242 e. The van der Waals surface area contributed by atoms with Gasteiger partial charge < -0.3 is 20.7 Å². The van der Waals surface area contributed by atoms with Gasteiger partial charge in [-0.05, 0) is 94.0 Å². The predicted octanol–water partition coefficient (Wildman–Crippen LogP) is 6.27. The maximum absolute atomic E-state index is 13.2. The molecule has 0 heterocycles. The van der Waals surface area contributed by atoms with Crippen LogP contribution in [0.1, 0.15) is 33.3 Å². The Morgan fingerprint density at radius 2 is 1.47 bits per heavy atom. The van der Waals surface area contributed by atoms with E-state index in [-0.39, 0.29) is 5.91 Å². The lowest BCUT2D eigenvalue weighted by atomic mass is 10.1. The Kier molecular flexibility index (Phi) is 11.4. The van der Waals surface area contributed by atoms with E-state index in [9.17, 15) is 4.79 Å². The third-order valence-electron chi connectivity index (χ3n) is 6.06. The number of benzene rings is 3. The maximum Gasteiger partial charge on any atom is 0.242 e. The average Bonchev–Trinajstić information content (AvgIpc) is 2.88. The Labute approximate surface area is 236 Å². The van der Waals surface area contributed by atoms with E-state index in [0.29, 0.717) is 46.7 Å². The summed E-state index contributed by atoms with van der Waals surface area (Å²) in [5.41, 5.74) is 1.84. The van der Waals surface area contributed by atoms with Crippen molar-refractivity contribution in [2.45, 2.75) is 52.2 Å². The Balaban J connectivity index is 1.59. The average molecular weight is 553 g/mol. The Morgan fingerprint density at radius 1 is 0.895 bits per heavy atom. The van der Waals surface area contributed by atoms with Crippen molar-refractivity contribution in [3.63, 3.8) is 0 Å². The van der Waals surface area contributed by atoms with Crippen LogP contribution < -0.4 is 20.7 Å². The van der Waals surface area contributed by atoms with Gasteiger partial charge in [-0.3, -0.25) is 9.69 Å². The second kappa shape index (κ2) is 14.7. The van der Waals surface area contributed by atoms with Gasteiger partial charge in [-0.15, -0.1) is 0 Å². The van der Waals surface area contributed by atoms with Gasteiger partial charge in [-0.25, -0.2) is 0 Å². The number of nitrogens with one attached hydrogen (secondary N) is 3. The number of nitrogens with zero attached hydrogens (tertiary/aromatic N) is 1. The van der Waals surface area contributed by atoms with Gasteiger partial charge in [0.2, 0.25) is 5.91 Å². The topological polar surface area (TPSA) is 65.6 Å². The Bertz CT molecular complexity index is 1150. The lowest BCUT2D eigenvalue weighted by Crippen LogP contribution is -2.51. The number of ether oxygens (including phenoxy) is 1. The van der Waals surface area contributed by atoms with Gasteiger partial charge in [0.1, 0.15) is 17.5 Å². The molecule has 0 radical (unpaired) electrons. The van der Waals surface area contributed by atoms with Crippen LogP contribution in [0.15, 0.2) is 78.9 Å². The van der Waals surface area contributed by atoms with Gasteiger partial charge in [0.25, 0.3) is 0 Å². The van der Waals surface area contributed by atoms with E-state index in [0.717, 1.165) is 17.8 Å². The zero-order valence-electron chi connectivity index (χ0n) is 22.4. The standard InChI is InChI=1S/C30H37ClN4O2S/c1-21(2)35(22(3)4)19-18-32-29(36)28(20-23-8-6-5-7-9-23)34-30(38)33-25-12-16-27(17-13-25)37-26-14-10-24(31)11-15-26/h5-17,21-22,28H,18-20H2,1-4H3,(H,32,36)(H2,33,34,38)/t28-/m0/s1. The first-order valence-electron chi connectivity index (χ1n) is 12.9. The predicted molar refractivity (Wildman–Crippen MR) is 161 cm³/mol. The quantitative estimate of drug-likeness (QED) is 0.230. The summed E-state index contributed by atoms with van der Waals surface area (Å²) in [6, 6.07) is 24.9. The molecular formula is C30H37ClN4O2S. The second-order valence-corrected chi connectivity index (χ2v) is 10.5. The van der Waals surface area contributed by atoms with Crippen molar-refractivity contribution in [2.75, 3.05) is 18.4 Å². The van der Waals surface area contributed by atoms with Crippen molar-refractivity contribution >= 4 is 40.5 Å². The number of thiocarbonyl (C=S) groups is 1. The molecule has 38 heavy (non-hydrogen) atoms. The molecule has 1 amide bonds. The molecule has 3 rings (SSSR count). The summed E-state index contributed by atoms with van der Waals surface area (Å²) in [6.45, 7) is 10.0. The zero-order chi connectivity index (χ0) is 27.5. The fraction of sp³-hybridized carbons (Fsp3) is 0.333. The summed E-state index contributed by atoms with van der Waals surface area (Å²) in [4.78, 5) is 15.5. The molecule has 6 nitrogen and oxygen atoms in total. The molecule has 0 aliphatic rings. The van der Waals surface area contributed by atoms with Gasteiger partial charge in [-0.1, -0.05) is 41.9 Å². The number of anilines is 1. The molecule has 0 bridgehead atoms. The fourth-order valence-electron chi connectivity index (χ4n) is 4.17. The van der Waals surface area contributed by atoms with Crippen LogP contribution >= 0.6 is 23.8 Å². The van der Waals surface area contributed by atoms with Crippen LogP contribution in [0, 0.1) is 0 Å². The third-order valence-corrected chi connectivity index (χ3v) is 6.53. The molecule has 3 aromatic carbocycles. The number of carbonyl (C=O) groups excluding carboxylic acids is 1. The summed E-state index contributed by atoms with van der Waals surface area (Å²) in [7, 11) is 0.